The Hall–Kier alpha value is -1.16. The summed E-state index contributed by atoms with van der Waals surface area (Å²) < 4.78 is 3.26. The van der Waals surface area contributed by atoms with E-state index in [1.807, 2.05) is 12.1 Å². The molecule has 0 saturated heterocycles. The molecule has 0 saturated carbocycles. The monoisotopic (exact) mass is 291 g/mol. The highest BCUT2D eigenvalue weighted by atomic mass is 79.9. The predicted molar refractivity (Wildman–Crippen MR) is 70.6 cm³/mol. The van der Waals surface area contributed by atoms with Crippen LogP contribution < -0.4 is 0 Å². The van der Waals surface area contributed by atoms with Crippen LogP contribution in [0.15, 0.2) is 29.0 Å². The zero-order valence-electron chi connectivity index (χ0n) is 9.94. The first-order valence-electron chi connectivity index (χ1n) is 5.72. The van der Waals surface area contributed by atoms with Gasteiger partial charge < -0.3 is 0 Å². The molecule has 0 aromatic carbocycles. The summed E-state index contributed by atoms with van der Waals surface area (Å²) in [6.45, 7) is 5.55. The number of aromatic nitrogens is 3. The van der Waals surface area contributed by atoms with E-state index >= 15 is 0 Å². The van der Waals surface area contributed by atoms with Crippen molar-refractivity contribution in [1.29, 1.82) is 0 Å². The Kier molecular flexibility index (Phi) is 2.36. The van der Waals surface area contributed by atoms with E-state index in [-0.39, 0.29) is 0 Å². The number of nitrogens with zero attached hydrogens (tertiary/aromatic N) is 3. The minimum absolute atomic E-state index is 0.321. The summed E-state index contributed by atoms with van der Waals surface area (Å²) in [7, 11) is 0. The summed E-state index contributed by atoms with van der Waals surface area (Å²) >= 11 is 3.69. The molecule has 0 aliphatic carbocycles. The second-order valence-electron chi connectivity index (χ2n) is 5.34. The third kappa shape index (κ3) is 1.80. The molecule has 1 aliphatic heterocycles. The Morgan fingerprint density at radius 1 is 1.29 bits per heavy atom. The van der Waals surface area contributed by atoms with Gasteiger partial charge in [0.05, 0.1) is 10.2 Å². The number of halogens is 1. The summed E-state index contributed by atoms with van der Waals surface area (Å²) in [5.41, 5.74) is 3.77. The first-order chi connectivity index (χ1) is 8.07. The Morgan fingerprint density at radius 3 is 2.65 bits per heavy atom. The molecule has 1 aliphatic rings. The second kappa shape index (κ2) is 3.67. The van der Waals surface area contributed by atoms with Crippen molar-refractivity contribution in [2.45, 2.75) is 26.8 Å². The van der Waals surface area contributed by atoms with E-state index in [9.17, 15) is 0 Å². The molecule has 0 fully saturated rings. The molecule has 3 nitrogen and oxygen atoms in total. The van der Waals surface area contributed by atoms with Crippen LogP contribution in [0.3, 0.4) is 0 Å². The molecular formula is C13H14BrN3. The number of hydrogen-bond acceptors (Lipinski definition) is 2. The number of pyridine rings is 1. The smallest absolute Gasteiger partial charge is 0.107 e. The van der Waals surface area contributed by atoms with E-state index in [1.54, 1.807) is 12.4 Å². The lowest BCUT2D eigenvalue weighted by molar-refractivity contribution is 0.347. The van der Waals surface area contributed by atoms with Gasteiger partial charge in [-0.2, -0.15) is 5.10 Å². The minimum Gasteiger partial charge on any atom is -0.267 e. The first kappa shape index (κ1) is 11.0. The third-order valence-corrected chi connectivity index (χ3v) is 4.00. The molecular weight excluding hydrogens is 278 g/mol. The molecule has 0 radical (unpaired) electrons. The van der Waals surface area contributed by atoms with Gasteiger partial charge in [0.2, 0.25) is 0 Å². The van der Waals surface area contributed by atoms with E-state index < -0.39 is 0 Å². The largest absolute Gasteiger partial charge is 0.267 e. The first-order valence-corrected chi connectivity index (χ1v) is 6.52. The van der Waals surface area contributed by atoms with E-state index in [4.69, 9.17) is 5.10 Å². The zero-order chi connectivity index (χ0) is 12.0. The van der Waals surface area contributed by atoms with Crippen LogP contribution in [0.4, 0.5) is 0 Å². The summed E-state index contributed by atoms with van der Waals surface area (Å²) in [5, 5.41) is 4.70. The van der Waals surface area contributed by atoms with Gasteiger partial charge in [-0.25, -0.2) is 0 Å². The topological polar surface area (TPSA) is 30.7 Å². The molecule has 0 spiro atoms. The maximum absolute atomic E-state index is 4.70. The predicted octanol–water partition coefficient (Wildman–Crippen LogP) is 3.29. The second-order valence-corrected chi connectivity index (χ2v) is 6.14. The van der Waals surface area contributed by atoms with Crippen LogP contribution >= 0.6 is 15.9 Å². The maximum Gasteiger partial charge on any atom is 0.107 e. The molecule has 3 heterocycles. The van der Waals surface area contributed by atoms with Gasteiger partial charge in [-0.3, -0.25) is 9.67 Å². The highest BCUT2D eigenvalue weighted by Gasteiger charge is 2.32. The summed E-state index contributed by atoms with van der Waals surface area (Å²) in [4.78, 5) is 4.04. The van der Waals surface area contributed by atoms with E-state index in [1.165, 1.54) is 5.69 Å². The third-order valence-electron chi connectivity index (χ3n) is 3.17. The molecule has 0 atom stereocenters. The van der Waals surface area contributed by atoms with Crippen LogP contribution in [0.2, 0.25) is 0 Å². The van der Waals surface area contributed by atoms with Crippen molar-refractivity contribution in [2.75, 3.05) is 0 Å². The number of hydrogen-bond donors (Lipinski definition) is 0. The van der Waals surface area contributed by atoms with Gasteiger partial charge in [-0.15, -0.1) is 0 Å². The fourth-order valence-electron chi connectivity index (χ4n) is 2.38. The minimum atomic E-state index is 0.321. The van der Waals surface area contributed by atoms with Crippen LogP contribution in [0.5, 0.6) is 0 Å². The van der Waals surface area contributed by atoms with Crippen molar-refractivity contribution in [2.24, 2.45) is 5.41 Å². The van der Waals surface area contributed by atoms with E-state index in [0.717, 1.165) is 28.7 Å². The van der Waals surface area contributed by atoms with Gasteiger partial charge in [-0.05, 0) is 39.9 Å². The van der Waals surface area contributed by atoms with Gasteiger partial charge in [0.25, 0.3) is 0 Å². The summed E-state index contributed by atoms with van der Waals surface area (Å²) in [6, 6.07) is 3.99. The van der Waals surface area contributed by atoms with Gasteiger partial charge in [0.15, 0.2) is 0 Å². The molecule has 4 heteroatoms. The SMILES string of the molecule is CC1(C)Cc2c(Br)c(-c3ccncc3)nn2C1. The number of rotatable bonds is 1. The quantitative estimate of drug-likeness (QED) is 0.807. The fourth-order valence-corrected chi connectivity index (χ4v) is 3.04. The molecule has 17 heavy (non-hydrogen) atoms. The van der Waals surface area contributed by atoms with Crippen molar-refractivity contribution >= 4 is 15.9 Å². The number of fused-ring (bicyclic) bond motifs is 1. The van der Waals surface area contributed by atoms with Crippen molar-refractivity contribution in [3.63, 3.8) is 0 Å². The average molecular weight is 292 g/mol. The molecule has 88 valence electrons. The van der Waals surface area contributed by atoms with Crippen LogP contribution in [0.1, 0.15) is 19.5 Å². The zero-order valence-corrected chi connectivity index (χ0v) is 11.5. The van der Waals surface area contributed by atoms with Crippen LogP contribution in [0.25, 0.3) is 11.3 Å². The van der Waals surface area contributed by atoms with Crippen molar-refractivity contribution in [3.05, 3.63) is 34.7 Å². The maximum atomic E-state index is 4.70. The van der Waals surface area contributed by atoms with Gasteiger partial charge in [-0.1, -0.05) is 13.8 Å². The van der Waals surface area contributed by atoms with Crippen LogP contribution in [-0.2, 0) is 13.0 Å². The Morgan fingerprint density at radius 2 is 2.00 bits per heavy atom. The molecule has 0 bridgehead atoms. The van der Waals surface area contributed by atoms with E-state index in [2.05, 4.69) is 39.4 Å². The Bertz CT molecular complexity index is 558. The van der Waals surface area contributed by atoms with Crippen LogP contribution in [-0.4, -0.2) is 14.8 Å². The molecule has 2 aromatic rings. The van der Waals surface area contributed by atoms with Gasteiger partial charge >= 0.3 is 0 Å². The normalized spacial score (nSPS) is 17.1. The molecule has 3 rings (SSSR count). The Labute approximate surface area is 109 Å². The molecule has 0 amide bonds. The molecule has 2 aromatic heterocycles. The van der Waals surface area contributed by atoms with Crippen molar-refractivity contribution in [1.82, 2.24) is 14.8 Å². The molecule has 0 N–H and O–H groups in total. The van der Waals surface area contributed by atoms with Gasteiger partial charge in [0, 0.05) is 24.5 Å². The van der Waals surface area contributed by atoms with Gasteiger partial charge in [0.1, 0.15) is 5.69 Å². The average Bonchev–Trinajstić information content (AvgIpc) is 2.75. The fraction of sp³-hybridized carbons (Fsp3) is 0.385. The van der Waals surface area contributed by atoms with Crippen LogP contribution in [0, 0.1) is 5.41 Å². The highest BCUT2D eigenvalue weighted by molar-refractivity contribution is 9.10. The molecule has 0 unspecified atom stereocenters. The summed E-state index contributed by atoms with van der Waals surface area (Å²) in [5.74, 6) is 0. The summed E-state index contributed by atoms with van der Waals surface area (Å²) in [6.07, 6.45) is 4.68. The van der Waals surface area contributed by atoms with Crippen molar-refractivity contribution in [3.8, 4) is 11.3 Å². The lowest BCUT2D eigenvalue weighted by Gasteiger charge is -2.14. The lowest BCUT2D eigenvalue weighted by atomic mass is 9.91. The van der Waals surface area contributed by atoms with E-state index in [0.29, 0.717) is 5.41 Å². The Balaban J connectivity index is 2.07. The lowest BCUT2D eigenvalue weighted by Crippen LogP contribution is -2.13. The standard InChI is InChI=1S/C13H14BrN3/c1-13(2)7-10-11(14)12(16-17(10)8-13)9-3-5-15-6-4-9/h3-6H,7-8H2,1-2H3. The highest BCUT2D eigenvalue weighted by Crippen LogP contribution is 2.39. The van der Waals surface area contributed by atoms with Crippen molar-refractivity contribution < 1.29 is 0 Å².